The Morgan fingerprint density at radius 3 is 2.31 bits per heavy atom. The number of pyridine rings is 1. The summed E-state index contributed by atoms with van der Waals surface area (Å²) in [6, 6.07) is 6.20. The standard InChI is InChI=1S/C24H20F4N4O3S/c1-12-5-13-6-17(26)21(36(29,34)35)9-20(13)32(12)24(33)15-10-31(11-15)23-18(27)7-14(8-19(23)28)22-16(25)3-2-4-30-22/h2-4,6-9,12,15H,5,10-11H2,1H3,(H2,29,34,35). The van der Waals surface area contributed by atoms with E-state index in [-0.39, 0.29) is 47.7 Å². The van der Waals surface area contributed by atoms with E-state index in [1.165, 1.54) is 22.1 Å². The van der Waals surface area contributed by atoms with E-state index in [1.807, 2.05) is 0 Å². The Hall–Kier alpha value is -3.51. The molecule has 0 radical (unpaired) electrons. The van der Waals surface area contributed by atoms with Gasteiger partial charge in [-0.15, -0.1) is 0 Å². The van der Waals surface area contributed by atoms with Crippen molar-refractivity contribution in [2.24, 2.45) is 11.1 Å². The molecular weight excluding hydrogens is 500 g/mol. The Morgan fingerprint density at radius 1 is 1.03 bits per heavy atom. The lowest BCUT2D eigenvalue weighted by Gasteiger charge is -2.42. The van der Waals surface area contributed by atoms with E-state index in [4.69, 9.17) is 5.14 Å². The SMILES string of the molecule is CC1Cc2cc(F)c(S(N)(=O)=O)cc2N1C(=O)C1CN(c2c(F)cc(-c3ncccc3F)cc2F)C1. The van der Waals surface area contributed by atoms with Gasteiger partial charge in [0.2, 0.25) is 15.9 Å². The Balaban J connectivity index is 1.37. The van der Waals surface area contributed by atoms with Crippen LogP contribution in [0.15, 0.2) is 47.5 Å². The number of rotatable bonds is 4. The normalized spacial score (nSPS) is 17.8. The van der Waals surface area contributed by atoms with Crippen LogP contribution in [-0.4, -0.2) is 38.4 Å². The van der Waals surface area contributed by atoms with Gasteiger partial charge in [0.1, 0.15) is 39.5 Å². The largest absolute Gasteiger partial charge is 0.365 e. The van der Waals surface area contributed by atoms with Crippen LogP contribution in [0.4, 0.5) is 28.9 Å². The molecule has 12 heteroatoms. The summed E-state index contributed by atoms with van der Waals surface area (Å²) in [5.74, 6) is -4.56. The molecule has 1 fully saturated rings. The lowest BCUT2D eigenvalue weighted by atomic mass is 9.96. The zero-order chi connectivity index (χ0) is 25.9. The maximum absolute atomic E-state index is 14.9. The second-order valence-corrected chi connectivity index (χ2v) is 10.5. The molecular formula is C24H20F4N4O3S. The van der Waals surface area contributed by atoms with Gasteiger partial charge in [0.05, 0.1) is 5.92 Å². The predicted molar refractivity (Wildman–Crippen MR) is 124 cm³/mol. The third kappa shape index (κ3) is 3.99. The van der Waals surface area contributed by atoms with Crippen molar-refractivity contribution >= 4 is 27.3 Å². The van der Waals surface area contributed by atoms with E-state index in [0.29, 0.717) is 12.0 Å². The van der Waals surface area contributed by atoms with Crippen molar-refractivity contribution < 1.29 is 30.8 Å². The van der Waals surface area contributed by atoms with Crippen molar-refractivity contribution in [2.75, 3.05) is 22.9 Å². The molecule has 36 heavy (non-hydrogen) atoms. The number of hydrogen-bond acceptors (Lipinski definition) is 5. The summed E-state index contributed by atoms with van der Waals surface area (Å²) >= 11 is 0. The first-order valence-electron chi connectivity index (χ1n) is 11.0. The van der Waals surface area contributed by atoms with Crippen LogP contribution < -0.4 is 14.9 Å². The van der Waals surface area contributed by atoms with Crippen molar-refractivity contribution in [1.29, 1.82) is 0 Å². The summed E-state index contributed by atoms with van der Waals surface area (Å²) in [4.78, 5) is 19.1. The highest BCUT2D eigenvalue weighted by Gasteiger charge is 2.42. The van der Waals surface area contributed by atoms with Crippen LogP contribution in [0.5, 0.6) is 0 Å². The highest BCUT2D eigenvalue weighted by atomic mass is 32.2. The monoisotopic (exact) mass is 520 g/mol. The van der Waals surface area contributed by atoms with E-state index < -0.39 is 44.1 Å². The molecule has 3 aromatic rings. The molecule has 1 aromatic heterocycles. The highest BCUT2D eigenvalue weighted by molar-refractivity contribution is 7.89. The molecule has 2 aliphatic rings. The van der Waals surface area contributed by atoms with Gasteiger partial charge in [-0.05, 0) is 55.3 Å². The number of fused-ring (bicyclic) bond motifs is 1. The van der Waals surface area contributed by atoms with Crippen LogP contribution in [-0.2, 0) is 21.2 Å². The molecule has 188 valence electrons. The fourth-order valence-corrected chi connectivity index (χ4v) is 5.40. The number of carbonyl (C=O) groups excluding carboxylic acids is 1. The smallest absolute Gasteiger partial charge is 0.241 e. The Labute approximate surface area is 204 Å². The van der Waals surface area contributed by atoms with E-state index in [1.54, 1.807) is 6.92 Å². The molecule has 1 unspecified atom stereocenters. The lowest BCUT2D eigenvalue weighted by molar-refractivity contribution is -0.123. The molecule has 2 aromatic carbocycles. The minimum atomic E-state index is -4.35. The average molecular weight is 521 g/mol. The topological polar surface area (TPSA) is 96.6 Å². The first-order valence-corrected chi connectivity index (χ1v) is 12.5. The minimum absolute atomic E-state index is 0.00572. The van der Waals surface area contributed by atoms with Gasteiger partial charge in [-0.2, -0.15) is 0 Å². The van der Waals surface area contributed by atoms with Gasteiger partial charge >= 0.3 is 0 Å². The number of halogens is 4. The number of nitrogens with zero attached hydrogens (tertiary/aromatic N) is 3. The zero-order valence-electron chi connectivity index (χ0n) is 18.9. The number of carbonyl (C=O) groups is 1. The summed E-state index contributed by atoms with van der Waals surface area (Å²) in [6.07, 6.45) is 1.62. The number of benzene rings is 2. The maximum atomic E-state index is 14.9. The number of aromatic nitrogens is 1. The van der Waals surface area contributed by atoms with Gasteiger partial charge < -0.3 is 9.80 Å². The molecule has 0 aliphatic carbocycles. The third-order valence-electron chi connectivity index (χ3n) is 6.49. The summed E-state index contributed by atoms with van der Waals surface area (Å²) in [5, 5.41) is 5.10. The van der Waals surface area contributed by atoms with Crippen molar-refractivity contribution in [3.05, 3.63) is 71.4 Å². The maximum Gasteiger partial charge on any atom is 0.241 e. The van der Waals surface area contributed by atoms with E-state index in [2.05, 4.69) is 4.98 Å². The van der Waals surface area contributed by atoms with Gasteiger partial charge in [0.15, 0.2) is 0 Å². The quantitative estimate of drug-likeness (QED) is 0.533. The number of amides is 1. The van der Waals surface area contributed by atoms with Crippen molar-refractivity contribution in [1.82, 2.24) is 4.98 Å². The van der Waals surface area contributed by atoms with Crippen LogP contribution >= 0.6 is 0 Å². The second kappa shape index (κ2) is 8.56. The minimum Gasteiger partial charge on any atom is -0.365 e. The molecule has 2 N–H and O–H groups in total. The van der Waals surface area contributed by atoms with Gasteiger partial charge in [0, 0.05) is 36.6 Å². The molecule has 2 aliphatic heterocycles. The Kier molecular flexibility index (Phi) is 5.75. The van der Waals surface area contributed by atoms with Crippen LogP contribution in [0.2, 0.25) is 0 Å². The Bertz CT molecular complexity index is 1490. The fraction of sp³-hybridized carbons (Fsp3) is 0.250. The molecule has 0 spiro atoms. The van der Waals surface area contributed by atoms with Gasteiger partial charge in [-0.3, -0.25) is 9.78 Å². The third-order valence-corrected chi connectivity index (χ3v) is 7.41. The molecule has 1 atom stereocenters. The molecule has 7 nitrogen and oxygen atoms in total. The molecule has 3 heterocycles. The summed E-state index contributed by atoms with van der Waals surface area (Å²) in [5.41, 5.74) is 0.130. The van der Waals surface area contributed by atoms with Crippen LogP contribution in [0.3, 0.4) is 0 Å². The second-order valence-electron chi connectivity index (χ2n) is 8.94. The fourth-order valence-electron chi connectivity index (χ4n) is 4.79. The average Bonchev–Trinajstić information content (AvgIpc) is 3.07. The lowest BCUT2D eigenvalue weighted by Crippen LogP contribution is -2.56. The van der Waals surface area contributed by atoms with Crippen LogP contribution in [0.1, 0.15) is 12.5 Å². The number of nitrogens with two attached hydrogens (primary N) is 1. The molecule has 5 rings (SSSR count). The summed E-state index contributed by atoms with van der Waals surface area (Å²) in [7, 11) is -4.35. The highest BCUT2D eigenvalue weighted by Crippen LogP contribution is 2.39. The van der Waals surface area contributed by atoms with Crippen LogP contribution in [0, 0.1) is 29.2 Å². The summed E-state index contributed by atoms with van der Waals surface area (Å²) in [6.45, 7) is 1.75. The molecule has 0 saturated carbocycles. The molecule has 1 amide bonds. The van der Waals surface area contributed by atoms with Crippen LogP contribution in [0.25, 0.3) is 11.3 Å². The summed E-state index contributed by atoms with van der Waals surface area (Å²) < 4.78 is 81.4. The van der Waals surface area contributed by atoms with Gasteiger partial charge in [0.25, 0.3) is 0 Å². The first kappa shape index (κ1) is 24.2. The predicted octanol–water partition coefficient (Wildman–Crippen LogP) is 3.37. The number of primary sulfonamides is 1. The Morgan fingerprint density at radius 2 is 1.69 bits per heavy atom. The van der Waals surface area contributed by atoms with Crippen molar-refractivity contribution in [2.45, 2.75) is 24.3 Å². The number of anilines is 2. The first-order chi connectivity index (χ1) is 17.0. The zero-order valence-corrected chi connectivity index (χ0v) is 19.7. The van der Waals surface area contributed by atoms with Crippen molar-refractivity contribution in [3.63, 3.8) is 0 Å². The molecule has 0 bridgehead atoms. The van der Waals surface area contributed by atoms with Crippen molar-refractivity contribution in [3.8, 4) is 11.3 Å². The van der Waals surface area contributed by atoms with E-state index >= 15 is 0 Å². The number of sulfonamides is 1. The van der Waals surface area contributed by atoms with E-state index in [0.717, 1.165) is 30.3 Å². The van der Waals surface area contributed by atoms with Gasteiger partial charge in [-0.1, -0.05) is 0 Å². The van der Waals surface area contributed by atoms with E-state index in [9.17, 15) is 30.8 Å². The number of hydrogen-bond donors (Lipinski definition) is 1. The van der Waals surface area contributed by atoms with Gasteiger partial charge in [-0.25, -0.2) is 31.1 Å². The molecule has 1 saturated heterocycles.